The van der Waals surface area contributed by atoms with E-state index in [9.17, 15) is 19.2 Å². The van der Waals surface area contributed by atoms with Crippen molar-refractivity contribution in [3.05, 3.63) is 82.4 Å². The third kappa shape index (κ3) is 9.29. The lowest BCUT2D eigenvalue weighted by molar-refractivity contribution is -0.136. The van der Waals surface area contributed by atoms with Gasteiger partial charge < -0.3 is 49.7 Å². The molecular weight excluding hydrogens is 925 g/mol. The molecule has 1 unspecified atom stereocenters. The van der Waals surface area contributed by atoms with E-state index in [4.69, 9.17) is 19.4 Å². The van der Waals surface area contributed by atoms with Gasteiger partial charge in [0.15, 0.2) is 23.3 Å². The van der Waals surface area contributed by atoms with Crippen LogP contribution in [0.1, 0.15) is 132 Å². The molecule has 3 aromatic carbocycles. The number of carbonyl (C=O) groups excluding carboxylic acids is 4. The minimum atomic E-state index is -1.48. The van der Waals surface area contributed by atoms with E-state index in [0.29, 0.717) is 109 Å². The van der Waals surface area contributed by atoms with Gasteiger partial charge in [-0.05, 0) is 105 Å². The van der Waals surface area contributed by atoms with Crippen molar-refractivity contribution in [3.8, 4) is 0 Å². The molecule has 0 bridgehead atoms. The van der Waals surface area contributed by atoms with E-state index in [-0.39, 0.29) is 36.7 Å². The van der Waals surface area contributed by atoms with Crippen LogP contribution < -0.4 is 20.4 Å². The van der Waals surface area contributed by atoms with Gasteiger partial charge in [0.05, 0.1) is 60.5 Å². The van der Waals surface area contributed by atoms with Crippen LogP contribution in [0.5, 0.6) is 0 Å². The standard InChI is InChI=1S/C51H62F4N10O6/c1-26(2)42(60-50(68)70-5)48(66)63-22-10-12-36(63)46-56-30-16-14-28(24-32(30)58-46)34-18-19-35(65(34)45-40(54)38(52)44(39(53)41(45)55)62-20-8-7-9-21-62)29-15-17-31-33(25-29)59-47(57-31)37-13-11-23-64(37)49(67)43(27(3)4)61-51(69)71-6/h14-17,24-27,34-37,42-43H,7-13,18-23H2,1-6H3,(H,56,58)(H,57,59)(H,60,68)(H,61,69)/t34-,35-,36+,37+,42+,43?/m1/s1. The first-order valence-electron chi connectivity index (χ1n) is 24.8. The molecule has 2 aromatic heterocycles. The third-order valence-corrected chi connectivity index (χ3v) is 14.8. The normalized spacial score (nSPS) is 21.5. The van der Waals surface area contributed by atoms with Gasteiger partial charge in [-0.25, -0.2) is 37.1 Å². The predicted octanol–water partition coefficient (Wildman–Crippen LogP) is 9.16. The van der Waals surface area contributed by atoms with Gasteiger partial charge in [-0.2, -0.15) is 0 Å². The molecule has 4 saturated heterocycles. The average molecular weight is 987 g/mol. The second-order valence-electron chi connectivity index (χ2n) is 19.9. The lowest BCUT2D eigenvalue weighted by Crippen LogP contribution is -2.51. The Labute approximate surface area is 409 Å². The highest BCUT2D eigenvalue weighted by Gasteiger charge is 2.44. The van der Waals surface area contributed by atoms with Gasteiger partial charge in [0.2, 0.25) is 11.8 Å². The van der Waals surface area contributed by atoms with Gasteiger partial charge in [-0.1, -0.05) is 39.8 Å². The molecule has 0 saturated carbocycles. The summed E-state index contributed by atoms with van der Waals surface area (Å²) in [5.41, 5.74) is 2.10. The number of aromatic nitrogens is 4. The second kappa shape index (κ2) is 20.3. The van der Waals surface area contributed by atoms with Crippen molar-refractivity contribution in [1.82, 2.24) is 40.4 Å². The lowest BCUT2D eigenvalue weighted by Gasteiger charge is -2.35. The molecule has 4 fully saturated rings. The molecule has 16 nitrogen and oxygen atoms in total. The van der Waals surface area contributed by atoms with Gasteiger partial charge in [0.25, 0.3) is 0 Å². The number of hydrogen-bond donors (Lipinski definition) is 4. The number of likely N-dealkylation sites (tertiary alicyclic amines) is 2. The van der Waals surface area contributed by atoms with E-state index < -0.39 is 83.1 Å². The van der Waals surface area contributed by atoms with Gasteiger partial charge >= 0.3 is 12.2 Å². The molecule has 6 heterocycles. The van der Waals surface area contributed by atoms with Gasteiger partial charge in [-0.3, -0.25) is 9.59 Å². The van der Waals surface area contributed by atoms with Gasteiger partial charge in [-0.15, -0.1) is 0 Å². The Hall–Kier alpha value is -6.60. The first-order valence-corrected chi connectivity index (χ1v) is 24.8. The Morgan fingerprint density at radius 3 is 1.41 bits per heavy atom. The van der Waals surface area contributed by atoms with Crippen molar-refractivity contribution in [1.29, 1.82) is 0 Å². The Kier molecular flexibility index (Phi) is 14.1. The fraction of sp³-hybridized carbons (Fsp3) is 0.529. The van der Waals surface area contributed by atoms with Crippen molar-refractivity contribution in [2.24, 2.45) is 11.8 Å². The number of benzene rings is 3. The Bertz CT molecular complexity index is 2660. The summed E-state index contributed by atoms with van der Waals surface area (Å²) in [4.78, 5) is 75.0. The van der Waals surface area contributed by atoms with Crippen molar-refractivity contribution >= 4 is 57.4 Å². The van der Waals surface area contributed by atoms with Crippen LogP contribution >= 0.6 is 0 Å². The first-order chi connectivity index (χ1) is 34.1. The van der Waals surface area contributed by atoms with Crippen LogP contribution in [0.4, 0.5) is 38.5 Å². The Morgan fingerprint density at radius 1 is 0.577 bits per heavy atom. The molecule has 380 valence electrons. The highest BCUT2D eigenvalue weighted by Crippen LogP contribution is 2.51. The number of rotatable bonds is 12. The highest BCUT2D eigenvalue weighted by atomic mass is 19.2. The van der Waals surface area contributed by atoms with Crippen LogP contribution in [0, 0.1) is 35.1 Å². The molecule has 71 heavy (non-hydrogen) atoms. The SMILES string of the molecule is COC(=O)NC(C(=O)N1CCC[C@H]1c1nc2ccc([C@H]3CC[C@H](c4ccc5nc([C@@H]6CCCN6C(=O)[C@@H](NC(=O)OC)C(C)C)[nH]c5c4)N3c3c(F)c(F)c(N4CCCCC4)c(F)c3F)cc2[nH]1)C(C)C. The van der Waals surface area contributed by atoms with E-state index in [1.807, 2.05) is 39.8 Å². The number of ether oxygens (including phenoxy) is 2. The van der Waals surface area contributed by atoms with Crippen LogP contribution in [0.2, 0.25) is 0 Å². The number of aromatic amines is 2. The van der Waals surface area contributed by atoms with Gasteiger partial charge in [0, 0.05) is 26.2 Å². The number of nitrogens with one attached hydrogen (secondary N) is 4. The largest absolute Gasteiger partial charge is 0.453 e. The summed E-state index contributed by atoms with van der Waals surface area (Å²) in [6.45, 7) is 8.80. The summed E-state index contributed by atoms with van der Waals surface area (Å²) in [7, 11) is 2.48. The topological polar surface area (TPSA) is 181 Å². The Balaban J connectivity index is 1.07. The maximum absolute atomic E-state index is 16.9. The van der Waals surface area contributed by atoms with Crippen LogP contribution in [-0.2, 0) is 19.1 Å². The van der Waals surface area contributed by atoms with Crippen molar-refractivity contribution in [2.45, 2.75) is 122 Å². The second-order valence-corrected chi connectivity index (χ2v) is 19.9. The molecule has 9 rings (SSSR count). The number of H-pyrrole nitrogens is 2. The van der Waals surface area contributed by atoms with Crippen LogP contribution in [0.15, 0.2) is 36.4 Å². The Morgan fingerprint density at radius 2 is 1.00 bits per heavy atom. The van der Waals surface area contributed by atoms with Gasteiger partial charge in [0.1, 0.15) is 35.1 Å². The maximum atomic E-state index is 16.9. The number of imidazole rings is 2. The summed E-state index contributed by atoms with van der Waals surface area (Å²) in [6, 6.07) is 6.80. The number of alkyl carbamates (subject to hydrolysis) is 2. The molecule has 4 N–H and O–H groups in total. The molecular formula is C51H62F4N10O6. The zero-order valence-corrected chi connectivity index (χ0v) is 40.9. The van der Waals surface area contributed by atoms with Crippen LogP contribution in [0.3, 0.4) is 0 Å². The lowest BCUT2D eigenvalue weighted by atomic mass is 10.0. The molecule has 4 aliphatic heterocycles. The van der Waals surface area contributed by atoms with Crippen molar-refractivity contribution in [3.63, 3.8) is 0 Å². The molecule has 4 amide bonds. The highest BCUT2D eigenvalue weighted by molar-refractivity contribution is 5.88. The molecule has 5 aromatic rings. The number of amides is 4. The summed E-state index contributed by atoms with van der Waals surface area (Å²) in [5, 5.41) is 5.33. The quantitative estimate of drug-likeness (QED) is 0.0696. The monoisotopic (exact) mass is 986 g/mol. The fourth-order valence-corrected chi connectivity index (χ4v) is 11.2. The van der Waals surface area contributed by atoms with E-state index in [2.05, 4.69) is 20.6 Å². The number of carbonyl (C=O) groups is 4. The third-order valence-electron chi connectivity index (χ3n) is 14.8. The average Bonchev–Trinajstić information content (AvgIpc) is 4.23. The minimum Gasteiger partial charge on any atom is -0.453 e. The molecule has 0 aliphatic carbocycles. The smallest absolute Gasteiger partial charge is 0.407 e. The first kappa shape index (κ1) is 49.4. The van der Waals surface area contributed by atoms with E-state index >= 15 is 17.6 Å². The van der Waals surface area contributed by atoms with E-state index in [0.717, 1.165) is 6.42 Å². The minimum absolute atomic E-state index is 0.224. The molecule has 4 aliphatic rings. The number of fused-ring (bicyclic) bond motifs is 2. The summed E-state index contributed by atoms with van der Waals surface area (Å²) in [6.07, 6.45) is 4.06. The molecule has 0 radical (unpaired) electrons. The fourth-order valence-electron chi connectivity index (χ4n) is 11.2. The molecule has 0 spiro atoms. The van der Waals surface area contributed by atoms with Crippen molar-refractivity contribution < 1.29 is 46.2 Å². The van der Waals surface area contributed by atoms with Crippen LogP contribution in [0.25, 0.3) is 22.1 Å². The number of anilines is 2. The predicted molar refractivity (Wildman–Crippen MR) is 257 cm³/mol. The summed E-state index contributed by atoms with van der Waals surface area (Å²) in [5.74, 6) is -5.74. The summed E-state index contributed by atoms with van der Waals surface area (Å²) < 4.78 is 76.4. The van der Waals surface area contributed by atoms with Crippen LogP contribution in [-0.4, -0.2) is 106 Å². The number of hydrogen-bond acceptors (Lipinski definition) is 10. The molecule has 20 heteroatoms. The van der Waals surface area contributed by atoms with E-state index in [1.165, 1.54) is 24.0 Å². The summed E-state index contributed by atoms with van der Waals surface area (Å²) >= 11 is 0. The zero-order valence-electron chi connectivity index (χ0n) is 40.9. The number of piperidine rings is 1. The number of nitrogens with zero attached hydrogens (tertiary/aromatic N) is 6. The number of methoxy groups -OCH3 is 2. The maximum Gasteiger partial charge on any atom is 0.407 e. The number of halogens is 4. The molecule has 6 atom stereocenters. The zero-order chi connectivity index (χ0) is 50.4. The van der Waals surface area contributed by atoms with Crippen molar-refractivity contribution in [2.75, 3.05) is 50.2 Å². The van der Waals surface area contributed by atoms with E-state index in [1.54, 1.807) is 34.1 Å².